The van der Waals surface area contributed by atoms with Crippen molar-refractivity contribution in [2.45, 2.75) is 25.0 Å². The van der Waals surface area contributed by atoms with Crippen molar-refractivity contribution in [2.75, 3.05) is 0 Å². The van der Waals surface area contributed by atoms with Gasteiger partial charge in [-0.15, -0.1) is 0 Å². The van der Waals surface area contributed by atoms with Gasteiger partial charge in [0.15, 0.2) is 5.78 Å². The van der Waals surface area contributed by atoms with Crippen LogP contribution in [0.15, 0.2) is 72.8 Å². The molecule has 0 saturated heterocycles. The quantitative estimate of drug-likeness (QED) is 0.609. The summed E-state index contributed by atoms with van der Waals surface area (Å²) in [7, 11) is 0. The number of allylic oxidation sites excluding steroid dienone is 1. The highest BCUT2D eigenvalue weighted by Crippen LogP contribution is 2.19. The molecule has 2 atom stereocenters. The molecule has 0 saturated carbocycles. The van der Waals surface area contributed by atoms with Crippen LogP contribution in [0.25, 0.3) is 0 Å². The van der Waals surface area contributed by atoms with Gasteiger partial charge in [-0.05, 0) is 18.1 Å². The van der Waals surface area contributed by atoms with E-state index in [9.17, 15) is 15.0 Å². The number of rotatable bonds is 7. The fourth-order valence-corrected chi connectivity index (χ4v) is 2.20. The number of hydrogen-bond acceptors (Lipinski definition) is 3. The second-order valence-corrected chi connectivity index (χ2v) is 5.18. The van der Waals surface area contributed by atoms with E-state index < -0.39 is 12.2 Å². The Balaban J connectivity index is 1.81. The summed E-state index contributed by atoms with van der Waals surface area (Å²) in [5.74, 6) is -0.0867. The van der Waals surface area contributed by atoms with Crippen LogP contribution in [0.2, 0.25) is 0 Å². The van der Waals surface area contributed by atoms with Crippen molar-refractivity contribution in [3.8, 4) is 0 Å². The van der Waals surface area contributed by atoms with Crippen molar-refractivity contribution >= 4 is 5.78 Å². The van der Waals surface area contributed by atoms with E-state index in [4.69, 9.17) is 0 Å². The zero-order valence-electron chi connectivity index (χ0n) is 12.3. The van der Waals surface area contributed by atoms with Crippen LogP contribution < -0.4 is 0 Å². The molecule has 2 aromatic carbocycles. The van der Waals surface area contributed by atoms with Crippen LogP contribution in [0.1, 0.15) is 34.9 Å². The molecular formula is C19H20O3. The molecule has 2 N–H and O–H groups in total. The molecule has 0 unspecified atom stereocenters. The van der Waals surface area contributed by atoms with Crippen molar-refractivity contribution in [2.24, 2.45) is 0 Å². The van der Waals surface area contributed by atoms with Crippen LogP contribution in [0.5, 0.6) is 0 Å². The largest absolute Gasteiger partial charge is 0.393 e. The zero-order valence-corrected chi connectivity index (χ0v) is 12.3. The number of aliphatic hydroxyl groups excluding tert-OH is 2. The topological polar surface area (TPSA) is 57.5 Å². The maximum absolute atomic E-state index is 11.9. The van der Waals surface area contributed by atoms with Crippen molar-refractivity contribution in [1.82, 2.24) is 0 Å². The minimum absolute atomic E-state index is 0.0867. The third-order valence-corrected chi connectivity index (χ3v) is 3.42. The van der Waals surface area contributed by atoms with Crippen LogP contribution in [-0.4, -0.2) is 22.1 Å². The molecule has 0 radical (unpaired) electrons. The van der Waals surface area contributed by atoms with Gasteiger partial charge in [-0.2, -0.15) is 0 Å². The van der Waals surface area contributed by atoms with Crippen LogP contribution in [0.4, 0.5) is 0 Å². The van der Waals surface area contributed by atoms with E-state index in [0.29, 0.717) is 12.0 Å². The lowest BCUT2D eigenvalue weighted by Gasteiger charge is -2.14. The molecule has 0 fully saturated rings. The molecule has 0 heterocycles. The number of benzene rings is 2. The van der Waals surface area contributed by atoms with Crippen LogP contribution in [-0.2, 0) is 0 Å². The van der Waals surface area contributed by atoms with Gasteiger partial charge in [-0.1, -0.05) is 66.7 Å². The molecule has 0 amide bonds. The molecule has 22 heavy (non-hydrogen) atoms. The highest BCUT2D eigenvalue weighted by atomic mass is 16.3. The molecule has 0 aliphatic carbocycles. The third kappa shape index (κ3) is 4.95. The van der Waals surface area contributed by atoms with Gasteiger partial charge in [0, 0.05) is 12.0 Å². The fourth-order valence-electron chi connectivity index (χ4n) is 2.20. The summed E-state index contributed by atoms with van der Waals surface area (Å²) in [5, 5.41) is 20.0. The van der Waals surface area contributed by atoms with Gasteiger partial charge in [0.2, 0.25) is 0 Å². The standard InChI is InChI=1S/C19H20O3/c20-17(14-19(22)16-10-5-2-6-11-16)12-7-13-18(21)15-8-3-1-4-9-15/h1-11,13,17,19-20,22H,12,14H2/b13-7+/t17-,19+/m0/s1. The summed E-state index contributed by atoms with van der Waals surface area (Å²) < 4.78 is 0. The second kappa shape index (κ2) is 8.27. The maximum Gasteiger partial charge on any atom is 0.185 e. The minimum Gasteiger partial charge on any atom is -0.393 e. The molecule has 3 heteroatoms. The first-order valence-electron chi connectivity index (χ1n) is 7.34. The highest BCUT2D eigenvalue weighted by molar-refractivity contribution is 6.04. The molecule has 0 aromatic heterocycles. The van der Waals surface area contributed by atoms with Gasteiger partial charge in [0.25, 0.3) is 0 Å². The van der Waals surface area contributed by atoms with Crippen molar-refractivity contribution in [3.63, 3.8) is 0 Å². The lowest BCUT2D eigenvalue weighted by molar-refractivity contribution is 0.0821. The minimum atomic E-state index is -0.700. The molecule has 114 valence electrons. The Morgan fingerprint density at radius 1 is 0.955 bits per heavy atom. The predicted molar refractivity (Wildman–Crippen MR) is 86.6 cm³/mol. The molecule has 0 spiro atoms. The maximum atomic E-state index is 11.9. The third-order valence-electron chi connectivity index (χ3n) is 3.42. The molecule has 0 bridgehead atoms. The smallest absolute Gasteiger partial charge is 0.185 e. The monoisotopic (exact) mass is 296 g/mol. The van der Waals surface area contributed by atoms with E-state index in [-0.39, 0.29) is 12.2 Å². The lowest BCUT2D eigenvalue weighted by Crippen LogP contribution is -2.11. The summed E-state index contributed by atoms with van der Waals surface area (Å²) in [6.07, 6.45) is 2.31. The molecule has 2 aromatic rings. The van der Waals surface area contributed by atoms with Gasteiger partial charge in [-0.25, -0.2) is 0 Å². The number of hydrogen-bond donors (Lipinski definition) is 2. The Labute approximate surface area is 130 Å². The number of aliphatic hydroxyl groups is 2. The Bertz CT molecular complexity index is 605. The highest BCUT2D eigenvalue weighted by Gasteiger charge is 2.12. The van der Waals surface area contributed by atoms with Crippen molar-refractivity contribution in [1.29, 1.82) is 0 Å². The second-order valence-electron chi connectivity index (χ2n) is 5.18. The summed E-state index contributed by atoms with van der Waals surface area (Å²) in [6, 6.07) is 18.2. The van der Waals surface area contributed by atoms with E-state index in [1.807, 2.05) is 48.5 Å². The van der Waals surface area contributed by atoms with Crippen molar-refractivity contribution in [3.05, 3.63) is 83.9 Å². The van der Waals surface area contributed by atoms with E-state index in [1.54, 1.807) is 18.2 Å². The first-order valence-corrected chi connectivity index (χ1v) is 7.34. The molecule has 0 aliphatic rings. The average Bonchev–Trinajstić information content (AvgIpc) is 2.56. The number of carbonyl (C=O) groups is 1. The van der Waals surface area contributed by atoms with Crippen LogP contribution >= 0.6 is 0 Å². The molecule has 0 aliphatic heterocycles. The average molecular weight is 296 g/mol. The lowest BCUT2D eigenvalue weighted by atomic mass is 10.0. The van der Waals surface area contributed by atoms with Gasteiger partial charge in [-0.3, -0.25) is 4.79 Å². The van der Waals surface area contributed by atoms with Gasteiger partial charge in [0.05, 0.1) is 12.2 Å². The van der Waals surface area contributed by atoms with E-state index >= 15 is 0 Å². The van der Waals surface area contributed by atoms with E-state index in [2.05, 4.69) is 0 Å². The Hall–Kier alpha value is -2.23. The SMILES string of the molecule is O=C(/C=C/C[C@H](O)C[C@@H](O)c1ccccc1)c1ccccc1. The summed E-state index contributed by atoms with van der Waals surface area (Å²) in [6.45, 7) is 0. The normalized spacial score (nSPS) is 13.9. The van der Waals surface area contributed by atoms with Crippen molar-refractivity contribution < 1.29 is 15.0 Å². The first kappa shape index (κ1) is 16.1. The van der Waals surface area contributed by atoms with E-state index in [0.717, 1.165) is 5.56 Å². The molecular weight excluding hydrogens is 276 g/mol. The number of ketones is 1. The first-order chi connectivity index (χ1) is 10.7. The van der Waals surface area contributed by atoms with Gasteiger partial charge < -0.3 is 10.2 Å². The Morgan fingerprint density at radius 3 is 2.18 bits per heavy atom. The fraction of sp³-hybridized carbons (Fsp3) is 0.211. The van der Waals surface area contributed by atoms with Gasteiger partial charge in [0.1, 0.15) is 0 Å². The Morgan fingerprint density at radius 2 is 1.55 bits per heavy atom. The van der Waals surface area contributed by atoms with Crippen LogP contribution in [0, 0.1) is 0 Å². The predicted octanol–water partition coefficient (Wildman–Crippen LogP) is 3.30. The summed E-state index contributed by atoms with van der Waals surface area (Å²) in [4.78, 5) is 11.9. The van der Waals surface area contributed by atoms with Gasteiger partial charge >= 0.3 is 0 Å². The molecule has 2 rings (SSSR count). The zero-order chi connectivity index (χ0) is 15.8. The number of carbonyl (C=O) groups excluding carboxylic acids is 1. The summed E-state index contributed by atoms with van der Waals surface area (Å²) in [5.41, 5.74) is 1.41. The van der Waals surface area contributed by atoms with E-state index in [1.165, 1.54) is 6.08 Å². The van der Waals surface area contributed by atoms with Crippen LogP contribution in [0.3, 0.4) is 0 Å². The Kier molecular flexibility index (Phi) is 6.07. The molecule has 3 nitrogen and oxygen atoms in total. The summed E-state index contributed by atoms with van der Waals surface area (Å²) >= 11 is 0.